The van der Waals surface area contributed by atoms with Crippen molar-refractivity contribution in [1.82, 2.24) is 9.62 Å². The third-order valence-electron chi connectivity index (χ3n) is 7.26. The number of aliphatic carboxylic acids is 1. The fourth-order valence-corrected chi connectivity index (χ4v) is 7.07. The number of aryl methyl sites for hydroxylation is 3. The molecule has 0 radical (unpaired) electrons. The number of carboxylic acids is 1. The lowest BCUT2D eigenvalue weighted by Crippen LogP contribution is -2.46. The van der Waals surface area contributed by atoms with E-state index >= 15 is 0 Å². The molecule has 1 aromatic heterocycles. The van der Waals surface area contributed by atoms with Gasteiger partial charge in [-0.3, -0.25) is 4.79 Å². The van der Waals surface area contributed by atoms with E-state index in [1.807, 2.05) is 6.92 Å². The number of rotatable bonds is 16. The summed E-state index contributed by atoms with van der Waals surface area (Å²) >= 11 is 1.69. The fourth-order valence-electron chi connectivity index (χ4n) is 4.88. The average molecular weight is 605 g/mol. The molecular weight excluding hydrogens is 563 g/mol. The van der Waals surface area contributed by atoms with Gasteiger partial charge in [-0.1, -0.05) is 25.1 Å². The summed E-state index contributed by atoms with van der Waals surface area (Å²) in [6, 6.07) is 11.3. The van der Waals surface area contributed by atoms with Gasteiger partial charge in [0.2, 0.25) is 10.0 Å². The lowest BCUT2D eigenvalue weighted by Gasteiger charge is -2.29. The van der Waals surface area contributed by atoms with E-state index in [1.54, 1.807) is 29.5 Å². The zero-order valence-electron chi connectivity index (χ0n) is 24.2. The van der Waals surface area contributed by atoms with Gasteiger partial charge in [0.25, 0.3) is 0 Å². The predicted octanol–water partition coefficient (Wildman–Crippen LogP) is 5.51. The number of hydrogen-bond acceptors (Lipinski definition) is 6. The normalized spacial score (nSPS) is 13.0. The molecule has 0 bridgehead atoms. The molecule has 1 atom stereocenters. The number of nitrogens with zero attached hydrogens (tertiary/aromatic N) is 1. The minimum absolute atomic E-state index is 0.0854. The zero-order chi connectivity index (χ0) is 30.2. The molecule has 3 aromatic rings. The standard InChI is InChI=1S/C31H41FN2O5S2/c1-5-23-18-25(30-24(12-14-29(36)37)9-6-10-27(30)32)11-13-28(23)41(38,39)34(4)20-26(35)19-33-31(2,3)16-7-8-22-15-17-40-21-22/h6,9-11,13,15,17-18,21,26,33,35H,5,7-8,12,14,16,19-20H2,1-4H3,(H,36,37). The Morgan fingerprint density at radius 1 is 1.15 bits per heavy atom. The fraction of sp³-hybridized carbons (Fsp3) is 0.452. The van der Waals surface area contributed by atoms with E-state index in [1.165, 1.54) is 30.8 Å². The van der Waals surface area contributed by atoms with Crippen molar-refractivity contribution in [3.63, 3.8) is 0 Å². The molecule has 3 rings (SSSR count). The number of sulfonamides is 1. The Bertz CT molecular complexity index is 1410. The third kappa shape index (κ3) is 9.18. The molecule has 1 unspecified atom stereocenters. The summed E-state index contributed by atoms with van der Waals surface area (Å²) < 4.78 is 43.1. The van der Waals surface area contributed by atoms with Crippen molar-refractivity contribution < 1.29 is 27.8 Å². The van der Waals surface area contributed by atoms with Crippen LogP contribution in [0.1, 0.15) is 56.7 Å². The van der Waals surface area contributed by atoms with Crippen molar-refractivity contribution in [2.45, 2.75) is 75.8 Å². The van der Waals surface area contributed by atoms with Gasteiger partial charge in [-0.2, -0.15) is 15.6 Å². The average Bonchev–Trinajstić information content (AvgIpc) is 3.44. The first-order chi connectivity index (χ1) is 19.3. The van der Waals surface area contributed by atoms with Crippen LogP contribution < -0.4 is 5.32 Å². The van der Waals surface area contributed by atoms with E-state index in [2.05, 4.69) is 36.0 Å². The summed E-state index contributed by atoms with van der Waals surface area (Å²) in [4.78, 5) is 11.2. The number of thiophene rings is 1. The van der Waals surface area contributed by atoms with Gasteiger partial charge in [0.05, 0.1) is 11.0 Å². The van der Waals surface area contributed by atoms with E-state index in [-0.39, 0.29) is 41.9 Å². The van der Waals surface area contributed by atoms with Crippen LogP contribution in [0.3, 0.4) is 0 Å². The van der Waals surface area contributed by atoms with Crippen LogP contribution in [0.25, 0.3) is 11.1 Å². The van der Waals surface area contributed by atoms with Gasteiger partial charge in [-0.05, 0) is 103 Å². The maximum Gasteiger partial charge on any atom is 0.303 e. The highest BCUT2D eigenvalue weighted by Crippen LogP contribution is 2.32. The molecule has 7 nitrogen and oxygen atoms in total. The Balaban J connectivity index is 1.68. The zero-order valence-corrected chi connectivity index (χ0v) is 25.8. The summed E-state index contributed by atoms with van der Waals surface area (Å²) in [6.07, 6.45) is 2.41. The van der Waals surface area contributed by atoms with Crippen molar-refractivity contribution in [3.05, 3.63) is 75.7 Å². The number of nitrogens with one attached hydrogen (secondary N) is 1. The molecule has 224 valence electrons. The minimum Gasteiger partial charge on any atom is -0.481 e. The molecule has 0 aliphatic rings. The van der Waals surface area contributed by atoms with Crippen LogP contribution in [0.15, 0.2) is 58.1 Å². The predicted molar refractivity (Wildman–Crippen MR) is 162 cm³/mol. The van der Waals surface area contributed by atoms with E-state index in [9.17, 15) is 22.7 Å². The van der Waals surface area contributed by atoms with Crippen LogP contribution in [0.2, 0.25) is 0 Å². The number of aliphatic hydroxyl groups is 1. The molecule has 0 aliphatic carbocycles. The summed E-state index contributed by atoms with van der Waals surface area (Å²) in [6.45, 7) is 6.14. The highest BCUT2D eigenvalue weighted by molar-refractivity contribution is 7.89. The number of carboxylic acid groups (broad SMARTS) is 1. The molecule has 0 fully saturated rings. The van der Waals surface area contributed by atoms with Gasteiger partial charge in [0, 0.05) is 37.7 Å². The van der Waals surface area contributed by atoms with Crippen LogP contribution in [-0.2, 0) is 34.1 Å². The SMILES string of the molecule is CCc1cc(-c2c(F)cccc2CCC(=O)O)ccc1S(=O)(=O)N(C)CC(O)CNC(C)(C)CCCc1ccsc1. The largest absolute Gasteiger partial charge is 0.481 e. The smallest absolute Gasteiger partial charge is 0.303 e. The molecule has 0 aliphatic heterocycles. The molecular formula is C31H41FN2O5S2. The quantitative estimate of drug-likeness (QED) is 0.199. The van der Waals surface area contributed by atoms with Gasteiger partial charge >= 0.3 is 5.97 Å². The molecule has 3 N–H and O–H groups in total. The second-order valence-corrected chi connectivity index (χ2v) is 13.8. The first-order valence-corrected chi connectivity index (χ1v) is 16.3. The highest BCUT2D eigenvalue weighted by Gasteiger charge is 2.27. The lowest BCUT2D eigenvalue weighted by atomic mass is 9.94. The molecule has 41 heavy (non-hydrogen) atoms. The molecule has 10 heteroatoms. The number of likely N-dealkylation sites (N-methyl/N-ethyl adjacent to an activating group) is 1. The summed E-state index contributed by atoms with van der Waals surface area (Å²) in [7, 11) is -2.49. The number of benzene rings is 2. The van der Waals surface area contributed by atoms with Crippen molar-refractivity contribution in [1.29, 1.82) is 0 Å². The van der Waals surface area contributed by atoms with Gasteiger partial charge in [0.15, 0.2) is 0 Å². The molecule has 0 amide bonds. The van der Waals surface area contributed by atoms with Gasteiger partial charge in [-0.15, -0.1) is 0 Å². The summed E-state index contributed by atoms with van der Waals surface area (Å²) in [5, 5.41) is 27.4. The third-order valence-corrected chi connectivity index (χ3v) is 9.91. The maximum atomic E-state index is 14.9. The maximum absolute atomic E-state index is 14.9. The number of aliphatic hydroxyl groups excluding tert-OH is 1. The van der Waals surface area contributed by atoms with Crippen molar-refractivity contribution in [3.8, 4) is 11.1 Å². The lowest BCUT2D eigenvalue weighted by molar-refractivity contribution is -0.136. The second kappa shape index (κ2) is 14.5. The Hall–Kier alpha value is -2.63. The summed E-state index contributed by atoms with van der Waals surface area (Å²) in [5.74, 6) is -1.47. The van der Waals surface area contributed by atoms with Crippen LogP contribution in [0.5, 0.6) is 0 Å². The molecule has 1 heterocycles. The Morgan fingerprint density at radius 2 is 1.90 bits per heavy atom. The number of β-amino-alcohol motifs (C(OH)–C–C–N with tert-alkyl or cyclic N) is 1. The topological polar surface area (TPSA) is 107 Å². The monoisotopic (exact) mass is 604 g/mol. The minimum atomic E-state index is -3.94. The molecule has 0 saturated heterocycles. The summed E-state index contributed by atoms with van der Waals surface area (Å²) in [5.41, 5.74) is 2.95. The first-order valence-electron chi connectivity index (χ1n) is 13.9. The van der Waals surface area contributed by atoms with Gasteiger partial charge in [-0.25, -0.2) is 12.8 Å². The van der Waals surface area contributed by atoms with Crippen molar-refractivity contribution in [2.75, 3.05) is 20.1 Å². The van der Waals surface area contributed by atoms with Crippen LogP contribution in [0.4, 0.5) is 4.39 Å². The first kappa shape index (κ1) is 32.9. The number of halogens is 1. The molecule has 0 saturated carbocycles. The van der Waals surface area contributed by atoms with Crippen molar-refractivity contribution in [2.24, 2.45) is 0 Å². The van der Waals surface area contributed by atoms with Crippen LogP contribution >= 0.6 is 11.3 Å². The number of carbonyl (C=O) groups is 1. The van der Waals surface area contributed by atoms with Gasteiger partial charge in [0.1, 0.15) is 5.82 Å². The Labute approximate surface area is 247 Å². The Kier molecular flexibility index (Phi) is 11.6. The van der Waals surface area contributed by atoms with E-state index in [0.717, 1.165) is 23.6 Å². The van der Waals surface area contributed by atoms with Crippen LogP contribution in [-0.4, -0.2) is 60.7 Å². The van der Waals surface area contributed by atoms with Crippen LogP contribution in [0, 0.1) is 5.82 Å². The van der Waals surface area contributed by atoms with E-state index in [4.69, 9.17) is 5.11 Å². The van der Waals surface area contributed by atoms with Gasteiger partial charge < -0.3 is 15.5 Å². The highest BCUT2D eigenvalue weighted by atomic mass is 32.2. The Morgan fingerprint density at radius 3 is 2.56 bits per heavy atom. The molecule has 0 spiro atoms. The van der Waals surface area contributed by atoms with E-state index in [0.29, 0.717) is 23.1 Å². The number of hydrogen-bond donors (Lipinski definition) is 3. The van der Waals surface area contributed by atoms with E-state index < -0.39 is 27.9 Å². The van der Waals surface area contributed by atoms with Crippen molar-refractivity contribution >= 4 is 27.3 Å². The molecule has 2 aromatic carbocycles. The second-order valence-electron chi connectivity index (χ2n) is 11.0.